The lowest BCUT2D eigenvalue weighted by atomic mass is 9.88. The number of nitrogens with zero attached hydrogens (tertiary/aromatic N) is 4. The van der Waals surface area contributed by atoms with Gasteiger partial charge in [0, 0.05) is 37.5 Å². The number of aromatic nitrogens is 3. The van der Waals surface area contributed by atoms with E-state index < -0.39 is 23.6 Å². The number of alkyl halides is 3. The number of fused-ring (bicyclic) bond motifs is 3. The minimum Gasteiger partial charge on any atom is -0.381 e. The van der Waals surface area contributed by atoms with Gasteiger partial charge in [-0.2, -0.15) is 13.2 Å². The molecular formula is C29H33F4N5O3. The predicted octanol–water partition coefficient (Wildman–Crippen LogP) is 5.42. The molecule has 0 aliphatic carbocycles. The van der Waals surface area contributed by atoms with Gasteiger partial charge >= 0.3 is 6.18 Å². The van der Waals surface area contributed by atoms with Crippen LogP contribution in [0.15, 0.2) is 24.3 Å². The van der Waals surface area contributed by atoms with E-state index in [4.69, 9.17) is 9.47 Å². The van der Waals surface area contributed by atoms with Gasteiger partial charge in [0.15, 0.2) is 0 Å². The average Bonchev–Trinajstić information content (AvgIpc) is 3.61. The van der Waals surface area contributed by atoms with Crippen LogP contribution in [0.1, 0.15) is 61.0 Å². The number of halogens is 4. The van der Waals surface area contributed by atoms with Crippen molar-refractivity contribution in [2.75, 3.05) is 38.2 Å². The molecule has 0 saturated carbocycles. The number of carbonyl (C=O) groups is 1. The Labute approximate surface area is 235 Å². The van der Waals surface area contributed by atoms with Crippen molar-refractivity contribution in [1.82, 2.24) is 19.4 Å². The van der Waals surface area contributed by atoms with E-state index in [9.17, 15) is 22.4 Å². The van der Waals surface area contributed by atoms with Crippen LogP contribution in [0.25, 0.3) is 11.0 Å². The zero-order valence-corrected chi connectivity index (χ0v) is 23.0. The molecule has 5 heterocycles. The maximum absolute atomic E-state index is 14.9. The second kappa shape index (κ2) is 10.9. The highest BCUT2D eigenvalue weighted by atomic mass is 19.4. The Bertz CT molecular complexity index is 1440. The quantitative estimate of drug-likeness (QED) is 0.410. The predicted molar refractivity (Wildman–Crippen MR) is 143 cm³/mol. The van der Waals surface area contributed by atoms with Gasteiger partial charge < -0.3 is 24.3 Å². The summed E-state index contributed by atoms with van der Waals surface area (Å²) in [5.74, 6) is -0.0326. The summed E-state index contributed by atoms with van der Waals surface area (Å²) in [4.78, 5) is 24.0. The number of anilines is 1. The third kappa shape index (κ3) is 5.27. The average molecular weight is 576 g/mol. The van der Waals surface area contributed by atoms with Crippen LogP contribution in [0.5, 0.6) is 0 Å². The van der Waals surface area contributed by atoms with Gasteiger partial charge in [-0.1, -0.05) is 12.1 Å². The topological polar surface area (TPSA) is 81.5 Å². The summed E-state index contributed by atoms with van der Waals surface area (Å²) in [5, 5.41) is 3.85. The highest BCUT2D eigenvalue weighted by Crippen LogP contribution is 2.41. The lowest BCUT2D eigenvalue weighted by Crippen LogP contribution is -2.43. The Kier molecular flexibility index (Phi) is 7.39. The number of rotatable bonds is 5. The van der Waals surface area contributed by atoms with Gasteiger partial charge in [-0.05, 0) is 51.2 Å². The first-order valence-electron chi connectivity index (χ1n) is 14.1. The SMILES string of the molecule is Cc1nc(N[C@H](C)c2cccc(C(F)(F)F)c2F)c2cc3n(c2n1)CCOC3C1CCN(C(=O)C2CCOC2)CC1. The fraction of sp³-hybridized carbons (Fsp3) is 0.552. The largest absolute Gasteiger partial charge is 0.419 e. The summed E-state index contributed by atoms with van der Waals surface area (Å²) in [6, 6.07) is 4.48. The maximum Gasteiger partial charge on any atom is 0.419 e. The molecule has 1 amide bonds. The highest BCUT2D eigenvalue weighted by Gasteiger charge is 2.38. The van der Waals surface area contributed by atoms with Crippen LogP contribution < -0.4 is 5.32 Å². The lowest BCUT2D eigenvalue weighted by molar-refractivity contribution is -0.140. The summed E-state index contributed by atoms with van der Waals surface area (Å²) >= 11 is 0. The van der Waals surface area contributed by atoms with E-state index in [2.05, 4.69) is 19.9 Å². The molecule has 2 fully saturated rings. The minimum absolute atomic E-state index is 0.0421. The van der Waals surface area contributed by atoms with E-state index in [1.165, 1.54) is 12.1 Å². The Morgan fingerprint density at radius 3 is 2.61 bits per heavy atom. The fourth-order valence-electron chi connectivity index (χ4n) is 6.36. The number of benzene rings is 1. The Balaban J connectivity index is 1.25. The molecule has 3 aliphatic heterocycles. The van der Waals surface area contributed by atoms with Crippen LogP contribution in [0.2, 0.25) is 0 Å². The van der Waals surface area contributed by atoms with Crippen LogP contribution >= 0.6 is 0 Å². The molecule has 0 bridgehead atoms. The number of likely N-dealkylation sites (tertiary alicyclic amines) is 1. The van der Waals surface area contributed by atoms with E-state index >= 15 is 0 Å². The van der Waals surface area contributed by atoms with Crippen molar-refractivity contribution in [3.63, 3.8) is 0 Å². The van der Waals surface area contributed by atoms with Gasteiger partial charge in [0.2, 0.25) is 5.91 Å². The molecule has 3 aromatic rings. The number of hydrogen-bond acceptors (Lipinski definition) is 6. The summed E-state index contributed by atoms with van der Waals surface area (Å²) < 4.78 is 68.6. The molecule has 1 N–H and O–H groups in total. The number of ether oxygens (including phenoxy) is 2. The highest BCUT2D eigenvalue weighted by molar-refractivity contribution is 5.89. The van der Waals surface area contributed by atoms with Gasteiger partial charge in [-0.15, -0.1) is 0 Å². The third-order valence-electron chi connectivity index (χ3n) is 8.51. The van der Waals surface area contributed by atoms with Crippen molar-refractivity contribution in [3.05, 3.63) is 52.7 Å². The smallest absolute Gasteiger partial charge is 0.381 e. The Morgan fingerprint density at radius 2 is 1.90 bits per heavy atom. The minimum atomic E-state index is -4.79. The van der Waals surface area contributed by atoms with Crippen LogP contribution in [-0.4, -0.2) is 58.3 Å². The van der Waals surface area contributed by atoms with Crippen molar-refractivity contribution in [1.29, 1.82) is 0 Å². The number of carbonyl (C=O) groups excluding carboxylic acids is 1. The lowest BCUT2D eigenvalue weighted by Gasteiger charge is -2.38. The molecule has 0 spiro atoms. The number of nitrogens with one attached hydrogen (secondary N) is 1. The number of amides is 1. The molecule has 220 valence electrons. The van der Waals surface area contributed by atoms with Crippen molar-refractivity contribution in [2.45, 2.75) is 58.0 Å². The van der Waals surface area contributed by atoms with Gasteiger partial charge in [0.05, 0.1) is 36.1 Å². The summed E-state index contributed by atoms with van der Waals surface area (Å²) in [6.45, 7) is 6.95. The monoisotopic (exact) mass is 575 g/mol. The second-order valence-corrected chi connectivity index (χ2v) is 11.2. The first kappa shape index (κ1) is 27.9. The van der Waals surface area contributed by atoms with Gasteiger partial charge in [0.1, 0.15) is 29.2 Å². The molecular weight excluding hydrogens is 542 g/mol. The summed E-state index contributed by atoms with van der Waals surface area (Å²) in [5.41, 5.74) is 0.270. The van der Waals surface area contributed by atoms with Crippen molar-refractivity contribution in [2.24, 2.45) is 11.8 Å². The second-order valence-electron chi connectivity index (χ2n) is 11.2. The van der Waals surface area contributed by atoms with Crippen LogP contribution in [0.3, 0.4) is 0 Å². The normalized spacial score (nSPS) is 22.6. The fourth-order valence-corrected chi connectivity index (χ4v) is 6.36. The molecule has 1 aromatic carbocycles. The third-order valence-corrected chi connectivity index (χ3v) is 8.51. The van der Waals surface area contributed by atoms with E-state index in [1.807, 2.05) is 11.0 Å². The Morgan fingerprint density at radius 1 is 1.12 bits per heavy atom. The van der Waals surface area contributed by atoms with Crippen LogP contribution in [0.4, 0.5) is 23.4 Å². The molecule has 2 unspecified atom stereocenters. The Hall–Kier alpha value is -3.25. The molecule has 8 nitrogen and oxygen atoms in total. The molecule has 2 aromatic heterocycles. The van der Waals surface area contributed by atoms with Gasteiger partial charge in [-0.3, -0.25) is 4.79 Å². The zero-order valence-electron chi connectivity index (χ0n) is 23.0. The maximum atomic E-state index is 14.9. The standard InChI is InChI=1S/C29H33F4N5O3/c1-16(20-4-3-5-22(24(20)30)29(31,32)33)34-26-21-14-23-25(41-13-11-38(23)27(21)36-17(2)35-26)18-6-9-37(10-7-18)28(39)19-8-12-40-15-19/h3-5,14,16,18-19,25H,6-13,15H2,1-2H3,(H,34,35,36)/t16-,19?,25?/m1/s1. The van der Waals surface area contributed by atoms with E-state index in [0.29, 0.717) is 62.1 Å². The molecule has 0 radical (unpaired) electrons. The molecule has 2 saturated heterocycles. The molecule has 3 atom stereocenters. The van der Waals surface area contributed by atoms with Crippen LogP contribution in [0, 0.1) is 24.6 Å². The zero-order chi connectivity index (χ0) is 28.9. The number of aryl methyl sites for hydroxylation is 1. The van der Waals surface area contributed by atoms with E-state index in [0.717, 1.165) is 31.0 Å². The van der Waals surface area contributed by atoms with E-state index in [-0.39, 0.29) is 29.4 Å². The molecule has 12 heteroatoms. The molecule has 6 rings (SSSR count). The first-order valence-corrected chi connectivity index (χ1v) is 14.1. The molecule has 41 heavy (non-hydrogen) atoms. The first-order chi connectivity index (χ1) is 19.6. The van der Waals surface area contributed by atoms with Gasteiger partial charge in [-0.25, -0.2) is 14.4 Å². The molecule has 3 aliphatic rings. The van der Waals surface area contributed by atoms with Crippen LogP contribution in [-0.2, 0) is 27.0 Å². The summed E-state index contributed by atoms with van der Waals surface area (Å²) in [7, 11) is 0. The number of hydrogen-bond donors (Lipinski definition) is 1. The van der Waals surface area contributed by atoms with Crippen molar-refractivity contribution in [3.8, 4) is 0 Å². The van der Waals surface area contributed by atoms with Gasteiger partial charge in [0.25, 0.3) is 0 Å². The van der Waals surface area contributed by atoms with Crippen molar-refractivity contribution < 1.29 is 31.8 Å². The van der Waals surface area contributed by atoms with E-state index in [1.54, 1.807) is 13.8 Å². The summed E-state index contributed by atoms with van der Waals surface area (Å²) in [6.07, 6.45) is -2.57. The van der Waals surface area contributed by atoms with Crippen molar-refractivity contribution >= 4 is 22.8 Å². The number of piperidine rings is 1.